The number of hydrogen-bond donors (Lipinski definition) is 1. The lowest BCUT2D eigenvalue weighted by atomic mass is 10.2. The maximum atomic E-state index is 9.48. The fourth-order valence-electron chi connectivity index (χ4n) is 1.64. The van der Waals surface area contributed by atoms with Crippen LogP contribution >= 0.6 is 0 Å². The van der Waals surface area contributed by atoms with Crippen LogP contribution in [0.25, 0.3) is 12.2 Å². The van der Waals surface area contributed by atoms with Crippen molar-refractivity contribution in [1.82, 2.24) is 4.57 Å². The minimum atomic E-state index is -0.869. The molecule has 1 unspecified atom stereocenters. The quantitative estimate of drug-likeness (QED) is 0.645. The molecule has 3 nitrogen and oxygen atoms in total. The van der Waals surface area contributed by atoms with Gasteiger partial charge in [0.15, 0.2) is 0 Å². The van der Waals surface area contributed by atoms with Crippen molar-refractivity contribution in [2.75, 3.05) is 7.11 Å². The van der Waals surface area contributed by atoms with Gasteiger partial charge in [-0.2, -0.15) is 0 Å². The summed E-state index contributed by atoms with van der Waals surface area (Å²) in [5.74, 6) is 0. The van der Waals surface area contributed by atoms with Crippen molar-refractivity contribution in [2.24, 2.45) is 0 Å². The van der Waals surface area contributed by atoms with Crippen LogP contribution in [0.4, 0.5) is 0 Å². The van der Waals surface area contributed by atoms with Crippen LogP contribution in [0.15, 0.2) is 12.3 Å². The number of rotatable bonds is 2. The van der Waals surface area contributed by atoms with Crippen molar-refractivity contribution >= 4 is 12.2 Å². The smallest absolute Gasteiger partial charge is 0.241 e. The Hall–Kier alpha value is -1.06. The van der Waals surface area contributed by atoms with E-state index in [0.29, 0.717) is 0 Å². The topological polar surface area (TPSA) is 34.4 Å². The third-order valence-corrected chi connectivity index (χ3v) is 2.31. The monoisotopic (exact) mass is 179 g/mol. The number of ether oxygens (including phenoxy) is 1. The highest BCUT2D eigenvalue weighted by Crippen LogP contribution is 2.00. The van der Waals surface area contributed by atoms with Crippen molar-refractivity contribution in [1.29, 1.82) is 0 Å². The summed E-state index contributed by atoms with van der Waals surface area (Å²) in [5.41, 5.74) is 0. The minimum Gasteiger partial charge on any atom is -0.351 e. The molecule has 3 heteroatoms. The average Bonchev–Trinajstić information content (AvgIpc) is 2.60. The second-order valence-electron chi connectivity index (χ2n) is 3.11. The molecule has 1 N–H and O–H groups in total. The van der Waals surface area contributed by atoms with Crippen molar-refractivity contribution in [3.63, 3.8) is 0 Å². The summed E-state index contributed by atoms with van der Waals surface area (Å²) in [6.45, 7) is 0. The molecule has 2 rings (SSSR count). The first-order valence-corrected chi connectivity index (χ1v) is 4.41. The fraction of sp³-hybridized carbons (Fsp3) is 0.400. The third kappa shape index (κ3) is 1.41. The molecule has 1 aliphatic carbocycles. The van der Waals surface area contributed by atoms with Crippen LogP contribution in [-0.4, -0.2) is 16.8 Å². The Labute approximate surface area is 76.6 Å². The van der Waals surface area contributed by atoms with Crippen LogP contribution in [0.2, 0.25) is 0 Å². The van der Waals surface area contributed by atoms with E-state index in [-0.39, 0.29) is 0 Å². The zero-order valence-corrected chi connectivity index (χ0v) is 7.60. The Morgan fingerprint density at radius 2 is 2.23 bits per heavy atom. The van der Waals surface area contributed by atoms with E-state index < -0.39 is 6.41 Å². The summed E-state index contributed by atoms with van der Waals surface area (Å²) in [6.07, 6.45) is 7.39. The van der Waals surface area contributed by atoms with Gasteiger partial charge in [0.25, 0.3) is 0 Å². The van der Waals surface area contributed by atoms with Gasteiger partial charge < -0.3 is 9.84 Å². The van der Waals surface area contributed by atoms with Gasteiger partial charge in [-0.25, -0.2) is 0 Å². The summed E-state index contributed by atoms with van der Waals surface area (Å²) in [6, 6.07) is 1.99. The third-order valence-electron chi connectivity index (χ3n) is 2.31. The molecule has 0 aromatic carbocycles. The Morgan fingerprint density at radius 3 is 3.00 bits per heavy atom. The number of aromatic nitrogens is 1. The molecule has 0 saturated carbocycles. The van der Waals surface area contributed by atoms with E-state index in [1.54, 1.807) is 4.57 Å². The Kier molecular flexibility index (Phi) is 2.20. The van der Waals surface area contributed by atoms with Crippen molar-refractivity contribution in [3.05, 3.63) is 22.8 Å². The molecule has 1 heterocycles. The largest absolute Gasteiger partial charge is 0.351 e. The average molecular weight is 179 g/mol. The van der Waals surface area contributed by atoms with E-state index in [2.05, 4.69) is 12.2 Å². The number of aliphatic hydroxyl groups excluding tert-OH is 1. The fourth-order valence-corrected chi connectivity index (χ4v) is 1.64. The van der Waals surface area contributed by atoms with Gasteiger partial charge in [0, 0.05) is 18.7 Å². The predicted octanol–water partition coefficient (Wildman–Crippen LogP) is -0.0623. The maximum Gasteiger partial charge on any atom is 0.241 e. The number of aliphatic hydroxyl groups is 1. The van der Waals surface area contributed by atoms with Gasteiger partial charge in [-0.3, -0.25) is 4.57 Å². The molecule has 13 heavy (non-hydrogen) atoms. The van der Waals surface area contributed by atoms with Gasteiger partial charge in [0.2, 0.25) is 6.41 Å². The lowest BCUT2D eigenvalue weighted by Gasteiger charge is -2.11. The van der Waals surface area contributed by atoms with Gasteiger partial charge in [0.05, 0.1) is 0 Å². The van der Waals surface area contributed by atoms with Gasteiger partial charge in [-0.05, 0) is 24.1 Å². The van der Waals surface area contributed by atoms with Crippen molar-refractivity contribution in [2.45, 2.75) is 19.3 Å². The van der Waals surface area contributed by atoms with E-state index >= 15 is 0 Å². The molecule has 0 amide bonds. The summed E-state index contributed by atoms with van der Waals surface area (Å²) in [7, 11) is 1.49. The lowest BCUT2D eigenvalue weighted by Crippen LogP contribution is -2.33. The molecule has 1 aromatic rings. The minimum absolute atomic E-state index is 0.869. The molecule has 0 bridgehead atoms. The summed E-state index contributed by atoms with van der Waals surface area (Å²) >= 11 is 0. The Bertz CT molecular complexity index is 405. The van der Waals surface area contributed by atoms with Crippen molar-refractivity contribution < 1.29 is 9.84 Å². The molecule has 0 saturated heterocycles. The van der Waals surface area contributed by atoms with Gasteiger partial charge in [-0.1, -0.05) is 12.2 Å². The Balaban J connectivity index is 2.56. The normalized spacial score (nSPS) is 17.1. The van der Waals surface area contributed by atoms with Gasteiger partial charge in [0.1, 0.15) is 0 Å². The highest BCUT2D eigenvalue weighted by Gasteiger charge is 2.06. The number of fused-ring (bicyclic) bond motifs is 1. The molecule has 0 fully saturated rings. The zero-order valence-electron chi connectivity index (χ0n) is 7.60. The van der Waals surface area contributed by atoms with E-state index in [9.17, 15) is 5.11 Å². The number of nitrogens with zero attached hydrogens (tertiary/aromatic N) is 1. The molecule has 70 valence electrons. The van der Waals surface area contributed by atoms with Gasteiger partial charge >= 0.3 is 0 Å². The van der Waals surface area contributed by atoms with Gasteiger partial charge in [-0.15, -0.1) is 0 Å². The predicted molar refractivity (Wildman–Crippen MR) is 50.1 cm³/mol. The number of hydrogen-bond acceptors (Lipinski definition) is 2. The van der Waals surface area contributed by atoms with Crippen molar-refractivity contribution in [3.8, 4) is 0 Å². The molecule has 1 aromatic heterocycles. The number of methoxy groups -OCH3 is 1. The summed E-state index contributed by atoms with van der Waals surface area (Å²) < 4.78 is 6.57. The highest BCUT2D eigenvalue weighted by atomic mass is 16.6. The lowest BCUT2D eigenvalue weighted by molar-refractivity contribution is -0.132. The van der Waals surface area contributed by atoms with Crippen LogP contribution in [0, 0.1) is 0 Å². The molecule has 0 radical (unpaired) electrons. The zero-order chi connectivity index (χ0) is 9.26. The highest BCUT2D eigenvalue weighted by molar-refractivity contribution is 5.36. The van der Waals surface area contributed by atoms with Crippen LogP contribution in [0.3, 0.4) is 0 Å². The molecular formula is C10H13NO2. The SMILES string of the molecule is COC(O)n1ccc2c1=CCCC=2. The van der Waals surface area contributed by atoms with E-state index in [0.717, 1.165) is 18.2 Å². The summed E-state index contributed by atoms with van der Waals surface area (Å²) in [5, 5.41) is 11.7. The van der Waals surface area contributed by atoms with E-state index in [1.165, 1.54) is 12.3 Å². The molecule has 0 spiro atoms. The van der Waals surface area contributed by atoms with Crippen LogP contribution in [-0.2, 0) is 4.74 Å². The first kappa shape index (κ1) is 8.53. The Morgan fingerprint density at radius 1 is 1.46 bits per heavy atom. The standard InChI is InChI=1S/C10H13NO2/c1-13-10(12)11-7-6-8-4-2-3-5-9(8)11/h4-7,10,12H,2-3H2,1H3. The molecular weight excluding hydrogens is 166 g/mol. The first-order chi connectivity index (χ1) is 6.33. The first-order valence-electron chi connectivity index (χ1n) is 4.41. The van der Waals surface area contributed by atoms with E-state index in [1.807, 2.05) is 12.3 Å². The molecule has 1 aliphatic rings. The van der Waals surface area contributed by atoms with Crippen LogP contribution in [0.5, 0.6) is 0 Å². The second kappa shape index (κ2) is 3.36. The van der Waals surface area contributed by atoms with Crippen LogP contribution < -0.4 is 10.6 Å². The molecule has 0 aliphatic heterocycles. The van der Waals surface area contributed by atoms with Crippen LogP contribution in [0.1, 0.15) is 19.3 Å². The maximum absolute atomic E-state index is 9.48. The van der Waals surface area contributed by atoms with E-state index in [4.69, 9.17) is 4.74 Å². The molecule has 1 atom stereocenters. The second-order valence-corrected chi connectivity index (χ2v) is 3.11. The summed E-state index contributed by atoms with van der Waals surface area (Å²) in [4.78, 5) is 0.